The molecular formula is C30H49N3O6. The number of rotatable bonds is 27. The highest BCUT2D eigenvalue weighted by Crippen LogP contribution is 2.19. The Morgan fingerprint density at radius 1 is 0.590 bits per heavy atom. The molecule has 0 rings (SSSR count). The van der Waals surface area contributed by atoms with Gasteiger partial charge in [0.05, 0.1) is 18.8 Å². The van der Waals surface area contributed by atoms with Gasteiger partial charge in [0, 0.05) is 32.7 Å². The quantitative estimate of drug-likeness (QED) is 0.106. The Labute approximate surface area is 234 Å². The van der Waals surface area contributed by atoms with Crippen molar-refractivity contribution in [1.82, 2.24) is 16.0 Å². The SMILES string of the molecule is C=CC(=O)CCCCCCCC(COCCCCNC(=O)C=C)(COCCCCNC(=O)C=C)NC(=O)C=C. The summed E-state index contributed by atoms with van der Waals surface area (Å²) in [5.74, 6) is -0.616. The molecule has 0 bridgehead atoms. The second kappa shape index (κ2) is 24.0. The zero-order valence-corrected chi connectivity index (χ0v) is 23.6. The van der Waals surface area contributed by atoms with Crippen LogP contribution in [0.15, 0.2) is 50.6 Å². The van der Waals surface area contributed by atoms with Gasteiger partial charge in [0.15, 0.2) is 5.78 Å². The van der Waals surface area contributed by atoms with E-state index in [1.165, 1.54) is 24.3 Å². The van der Waals surface area contributed by atoms with Gasteiger partial charge in [-0.3, -0.25) is 19.2 Å². The summed E-state index contributed by atoms with van der Waals surface area (Å²) in [6.07, 6.45) is 13.9. The van der Waals surface area contributed by atoms with E-state index < -0.39 is 5.54 Å². The first-order valence-corrected chi connectivity index (χ1v) is 13.9. The van der Waals surface area contributed by atoms with Crippen molar-refractivity contribution in [3.8, 4) is 0 Å². The third kappa shape index (κ3) is 20.6. The first-order chi connectivity index (χ1) is 18.8. The molecule has 0 saturated heterocycles. The molecule has 0 heterocycles. The zero-order valence-electron chi connectivity index (χ0n) is 23.6. The van der Waals surface area contributed by atoms with Crippen LogP contribution in [0.2, 0.25) is 0 Å². The molecule has 0 aromatic rings. The summed E-state index contributed by atoms with van der Waals surface area (Å²) in [5, 5.41) is 8.53. The topological polar surface area (TPSA) is 123 Å². The number of unbranched alkanes of at least 4 members (excludes halogenated alkanes) is 6. The molecule has 39 heavy (non-hydrogen) atoms. The second-order valence-corrected chi connectivity index (χ2v) is 9.42. The van der Waals surface area contributed by atoms with Gasteiger partial charge in [-0.25, -0.2) is 0 Å². The number of hydrogen-bond donors (Lipinski definition) is 3. The van der Waals surface area contributed by atoms with Crippen LogP contribution in [0, 0.1) is 0 Å². The normalized spacial score (nSPS) is 10.8. The summed E-state index contributed by atoms with van der Waals surface area (Å²) in [7, 11) is 0. The molecule has 0 spiro atoms. The lowest BCUT2D eigenvalue weighted by molar-refractivity contribution is -0.121. The molecule has 0 aliphatic heterocycles. The van der Waals surface area contributed by atoms with Crippen molar-refractivity contribution in [2.75, 3.05) is 39.5 Å². The smallest absolute Gasteiger partial charge is 0.243 e. The van der Waals surface area contributed by atoms with Crippen LogP contribution in [0.5, 0.6) is 0 Å². The Morgan fingerprint density at radius 2 is 1.08 bits per heavy atom. The molecule has 3 amide bonds. The minimum atomic E-state index is -0.710. The van der Waals surface area contributed by atoms with Gasteiger partial charge in [0.2, 0.25) is 17.7 Å². The molecule has 0 saturated carbocycles. The Hall–Kier alpha value is -3.04. The van der Waals surface area contributed by atoms with Crippen LogP contribution in [0.25, 0.3) is 0 Å². The summed E-state index contributed by atoms with van der Waals surface area (Å²) in [5.41, 5.74) is -0.710. The Morgan fingerprint density at radius 3 is 1.56 bits per heavy atom. The molecule has 0 aromatic heterocycles. The highest BCUT2D eigenvalue weighted by Gasteiger charge is 2.32. The average Bonchev–Trinajstić information content (AvgIpc) is 2.94. The fraction of sp³-hybridized carbons (Fsp3) is 0.600. The number of allylic oxidation sites excluding steroid dienone is 1. The van der Waals surface area contributed by atoms with Gasteiger partial charge in [0.25, 0.3) is 0 Å². The fourth-order valence-corrected chi connectivity index (χ4v) is 3.79. The standard InChI is InChI=1S/C30H49N3O6/c1-5-26(34)18-12-10-9-11-13-19-30(33-29(37)8-4,24-38-22-16-14-20-31-27(35)6-2)25-39-23-17-15-21-32-28(36)7-3/h5-8H,1-4,9-25H2,(H,31,35)(H,32,36)(H,33,37). The Kier molecular flexibility index (Phi) is 22.2. The number of hydrogen-bond acceptors (Lipinski definition) is 6. The van der Waals surface area contributed by atoms with Gasteiger partial charge >= 0.3 is 0 Å². The molecule has 3 N–H and O–H groups in total. The Bertz CT molecular complexity index is 697. The molecule has 9 heteroatoms. The largest absolute Gasteiger partial charge is 0.379 e. The summed E-state index contributed by atoms with van der Waals surface area (Å²) in [4.78, 5) is 46.2. The molecule has 0 fully saturated rings. The van der Waals surface area contributed by atoms with Gasteiger partial charge in [-0.1, -0.05) is 52.0 Å². The van der Waals surface area contributed by atoms with E-state index in [0.29, 0.717) is 39.1 Å². The van der Waals surface area contributed by atoms with Crippen molar-refractivity contribution in [3.63, 3.8) is 0 Å². The summed E-state index contributed by atoms with van der Waals surface area (Å²) in [6, 6.07) is 0. The number of ketones is 1. The monoisotopic (exact) mass is 547 g/mol. The maximum absolute atomic E-state index is 12.3. The lowest BCUT2D eigenvalue weighted by Crippen LogP contribution is -2.55. The van der Waals surface area contributed by atoms with Crippen LogP contribution in [0.4, 0.5) is 0 Å². The van der Waals surface area contributed by atoms with E-state index >= 15 is 0 Å². The van der Waals surface area contributed by atoms with Crippen LogP contribution < -0.4 is 16.0 Å². The lowest BCUT2D eigenvalue weighted by atomic mass is 9.92. The molecule has 0 aliphatic carbocycles. The maximum atomic E-state index is 12.3. The van der Waals surface area contributed by atoms with E-state index in [0.717, 1.165) is 57.8 Å². The number of carbonyl (C=O) groups excluding carboxylic acids is 4. The first kappa shape index (κ1) is 36.0. The number of amides is 3. The molecule has 0 atom stereocenters. The van der Waals surface area contributed by atoms with Gasteiger partial charge in [-0.05, 0) is 62.8 Å². The second-order valence-electron chi connectivity index (χ2n) is 9.42. The van der Waals surface area contributed by atoms with Gasteiger partial charge in [-0.15, -0.1) is 0 Å². The molecule has 220 valence electrons. The summed E-state index contributed by atoms with van der Waals surface area (Å²) >= 11 is 0. The van der Waals surface area contributed by atoms with Gasteiger partial charge in [-0.2, -0.15) is 0 Å². The molecule has 0 unspecified atom stereocenters. The van der Waals surface area contributed by atoms with E-state index in [9.17, 15) is 19.2 Å². The molecule has 0 radical (unpaired) electrons. The van der Waals surface area contributed by atoms with E-state index in [1.807, 2.05) is 0 Å². The van der Waals surface area contributed by atoms with E-state index in [2.05, 4.69) is 42.3 Å². The number of nitrogens with one attached hydrogen (secondary N) is 3. The predicted molar refractivity (Wildman–Crippen MR) is 155 cm³/mol. The molecule has 0 aliphatic rings. The predicted octanol–water partition coefficient (Wildman–Crippen LogP) is 3.71. The van der Waals surface area contributed by atoms with Gasteiger partial charge < -0.3 is 25.4 Å². The minimum absolute atomic E-state index is 0.0709. The lowest BCUT2D eigenvalue weighted by Gasteiger charge is -2.34. The van der Waals surface area contributed by atoms with Crippen LogP contribution in [-0.4, -0.2) is 68.6 Å². The number of ether oxygens (including phenoxy) is 2. The van der Waals surface area contributed by atoms with Crippen LogP contribution in [-0.2, 0) is 28.7 Å². The zero-order chi connectivity index (χ0) is 29.2. The fourth-order valence-electron chi connectivity index (χ4n) is 3.79. The van der Waals surface area contributed by atoms with Gasteiger partial charge in [0.1, 0.15) is 0 Å². The summed E-state index contributed by atoms with van der Waals surface area (Å²) < 4.78 is 12.0. The third-order valence-electron chi connectivity index (χ3n) is 6.04. The highest BCUT2D eigenvalue weighted by molar-refractivity contribution is 5.89. The summed E-state index contributed by atoms with van der Waals surface area (Å²) in [6.45, 7) is 16.6. The first-order valence-electron chi connectivity index (χ1n) is 13.9. The van der Waals surface area contributed by atoms with E-state index in [4.69, 9.17) is 9.47 Å². The van der Waals surface area contributed by atoms with Crippen molar-refractivity contribution in [2.24, 2.45) is 0 Å². The van der Waals surface area contributed by atoms with Crippen molar-refractivity contribution >= 4 is 23.5 Å². The van der Waals surface area contributed by atoms with Crippen LogP contribution >= 0.6 is 0 Å². The third-order valence-corrected chi connectivity index (χ3v) is 6.04. The van der Waals surface area contributed by atoms with Crippen LogP contribution in [0.1, 0.15) is 70.6 Å². The minimum Gasteiger partial charge on any atom is -0.379 e. The average molecular weight is 548 g/mol. The molecule has 9 nitrogen and oxygen atoms in total. The number of carbonyl (C=O) groups is 4. The van der Waals surface area contributed by atoms with Crippen molar-refractivity contribution in [1.29, 1.82) is 0 Å². The van der Waals surface area contributed by atoms with E-state index in [1.54, 1.807) is 0 Å². The highest BCUT2D eigenvalue weighted by atomic mass is 16.5. The van der Waals surface area contributed by atoms with Crippen LogP contribution in [0.3, 0.4) is 0 Å². The van der Waals surface area contributed by atoms with Crippen molar-refractivity contribution in [3.05, 3.63) is 50.6 Å². The van der Waals surface area contributed by atoms with Crippen molar-refractivity contribution < 1.29 is 28.7 Å². The van der Waals surface area contributed by atoms with Crippen molar-refractivity contribution in [2.45, 2.75) is 76.2 Å². The molecule has 0 aromatic carbocycles. The Balaban J connectivity index is 4.86. The maximum Gasteiger partial charge on any atom is 0.243 e. The van der Waals surface area contributed by atoms with E-state index in [-0.39, 0.29) is 36.7 Å². The molecular weight excluding hydrogens is 498 g/mol.